The lowest BCUT2D eigenvalue weighted by molar-refractivity contribution is -0.121. The zero-order chi connectivity index (χ0) is 19.8. The first-order valence-corrected chi connectivity index (χ1v) is 9.81. The van der Waals surface area contributed by atoms with Gasteiger partial charge in [0.15, 0.2) is 0 Å². The smallest absolute Gasteiger partial charge is 0.243 e. The molecule has 1 N–H and O–H groups in total. The summed E-state index contributed by atoms with van der Waals surface area (Å²) in [5, 5.41) is 6.21. The molecule has 144 valence electrons. The predicted molar refractivity (Wildman–Crippen MR) is 115 cm³/mol. The minimum absolute atomic E-state index is 0.206. The van der Waals surface area contributed by atoms with Gasteiger partial charge < -0.3 is 9.47 Å². The van der Waals surface area contributed by atoms with Gasteiger partial charge in [-0.05, 0) is 42.0 Å². The van der Waals surface area contributed by atoms with Crippen molar-refractivity contribution in [3.63, 3.8) is 0 Å². The summed E-state index contributed by atoms with van der Waals surface area (Å²) >= 11 is 3.38. The Morgan fingerprint density at radius 2 is 1.96 bits per heavy atom. The molecule has 0 aromatic heterocycles. The summed E-state index contributed by atoms with van der Waals surface area (Å²) in [5.41, 5.74) is 3.39. The predicted octanol–water partition coefficient (Wildman–Crippen LogP) is 4.92. The van der Waals surface area contributed by atoms with Gasteiger partial charge in [0, 0.05) is 10.0 Å². The van der Waals surface area contributed by atoms with E-state index in [0.29, 0.717) is 12.4 Å². The van der Waals surface area contributed by atoms with Gasteiger partial charge in [0.05, 0.1) is 25.8 Å². The van der Waals surface area contributed by atoms with Crippen LogP contribution in [0.4, 0.5) is 0 Å². The van der Waals surface area contributed by atoms with Crippen molar-refractivity contribution in [2.45, 2.75) is 13.3 Å². The van der Waals surface area contributed by atoms with Crippen LogP contribution in [0.25, 0.3) is 10.8 Å². The molecule has 3 aromatic rings. The van der Waals surface area contributed by atoms with Crippen LogP contribution in [0, 0.1) is 0 Å². The van der Waals surface area contributed by atoms with E-state index in [2.05, 4.69) is 26.5 Å². The van der Waals surface area contributed by atoms with Gasteiger partial charge in [0.2, 0.25) is 5.91 Å². The molecule has 0 heterocycles. The Bertz CT molecular complexity index is 988. The van der Waals surface area contributed by atoms with Crippen molar-refractivity contribution in [1.29, 1.82) is 0 Å². The molecule has 0 unspecified atom stereocenters. The second kappa shape index (κ2) is 9.90. The Morgan fingerprint density at radius 1 is 1.11 bits per heavy atom. The Morgan fingerprint density at radius 3 is 2.79 bits per heavy atom. The molecule has 0 bridgehead atoms. The van der Waals surface area contributed by atoms with Crippen molar-refractivity contribution in [1.82, 2.24) is 5.43 Å². The van der Waals surface area contributed by atoms with Gasteiger partial charge in [0.25, 0.3) is 0 Å². The quantitative estimate of drug-likeness (QED) is 0.399. The number of carbonyl (C=O) groups excluding carboxylic acids is 1. The molecule has 28 heavy (non-hydrogen) atoms. The average molecular weight is 441 g/mol. The van der Waals surface area contributed by atoms with Crippen LogP contribution >= 0.6 is 15.9 Å². The number of hydrogen-bond acceptors (Lipinski definition) is 4. The van der Waals surface area contributed by atoms with E-state index in [9.17, 15) is 4.79 Å². The molecule has 0 aliphatic carbocycles. The average Bonchev–Trinajstić information content (AvgIpc) is 2.69. The minimum atomic E-state index is -0.218. The van der Waals surface area contributed by atoms with E-state index in [4.69, 9.17) is 9.47 Å². The zero-order valence-corrected chi connectivity index (χ0v) is 17.1. The van der Waals surface area contributed by atoms with Gasteiger partial charge in [-0.25, -0.2) is 5.43 Å². The number of hydrogen-bond donors (Lipinski definition) is 1. The summed E-state index contributed by atoms with van der Waals surface area (Å²) in [5.74, 6) is 1.23. The van der Waals surface area contributed by atoms with Gasteiger partial charge in [0.1, 0.15) is 11.5 Å². The van der Waals surface area contributed by atoms with Gasteiger partial charge >= 0.3 is 0 Å². The summed E-state index contributed by atoms with van der Waals surface area (Å²) in [4.78, 5) is 12.0. The van der Waals surface area contributed by atoms with Crippen molar-refractivity contribution in [2.24, 2.45) is 5.10 Å². The van der Waals surface area contributed by atoms with Gasteiger partial charge in [-0.15, -0.1) is 0 Å². The fourth-order valence-corrected chi connectivity index (χ4v) is 3.11. The maximum absolute atomic E-state index is 12.0. The first kappa shape index (κ1) is 19.9. The molecule has 0 aliphatic heterocycles. The van der Waals surface area contributed by atoms with E-state index in [0.717, 1.165) is 26.6 Å². The summed E-state index contributed by atoms with van der Waals surface area (Å²) < 4.78 is 12.2. The van der Waals surface area contributed by atoms with Crippen LogP contribution in [0.1, 0.15) is 18.9 Å². The summed E-state index contributed by atoms with van der Waals surface area (Å²) in [7, 11) is 0. The third-order valence-corrected chi connectivity index (χ3v) is 4.50. The first-order valence-electron chi connectivity index (χ1n) is 9.02. The highest BCUT2D eigenvalue weighted by Gasteiger charge is 2.07. The topological polar surface area (TPSA) is 59.9 Å². The monoisotopic (exact) mass is 440 g/mol. The van der Waals surface area contributed by atoms with E-state index >= 15 is 0 Å². The molecule has 0 atom stereocenters. The second-order valence-corrected chi connectivity index (χ2v) is 6.90. The number of ether oxygens (including phenoxy) is 2. The minimum Gasteiger partial charge on any atom is -0.493 e. The number of amides is 1. The molecule has 3 aromatic carbocycles. The van der Waals surface area contributed by atoms with Gasteiger partial charge in [-0.1, -0.05) is 52.3 Å². The van der Waals surface area contributed by atoms with Crippen molar-refractivity contribution in [2.75, 3.05) is 13.2 Å². The molecule has 5 nitrogen and oxygen atoms in total. The van der Waals surface area contributed by atoms with Crippen molar-refractivity contribution in [3.05, 3.63) is 70.7 Å². The SMILES string of the molecule is CCOc1ccc2ccccc2c1/C=N/NC(=O)CCOc1cccc(Br)c1. The number of rotatable bonds is 8. The van der Waals surface area contributed by atoms with Crippen molar-refractivity contribution < 1.29 is 14.3 Å². The third-order valence-electron chi connectivity index (χ3n) is 4.01. The molecule has 0 fully saturated rings. The Kier molecular flexibility index (Phi) is 7.03. The highest BCUT2D eigenvalue weighted by molar-refractivity contribution is 9.10. The van der Waals surface area contributed by atoms with Crippen LogP contribution in [-0.2, 0) is 4.79 Å². The van der Waals surface area contributed by atoms with Crippen molar-refractivity contribution in [3.8, 4) is 11.5 Å². The largest absolute Gasteiger partial charge is 0.493 e. The zero-order valence-electron chi connectivity index (χ0n) is 15.5. The molecular weight excluding hydrogens is 420 g/mol. The summed E-state index contributed by atoms with van der Waals surface area (Å²) in [6.07, 6.45) is 1.83. The molecule has 0 radical (unpaired) electrons. The number of nitrogens with one attached hydrogen (secondary N) is 1. The van der Waals surface area contributed by atoms with Gasteiger partial charge in [-0.3, -0.25) is 4.79 Å². The first-order chi connectivity index (χ1) is 13.7. The molecule has 0 aliphatic rings. The molecular formula is C22H21BrN2O3. The Labute approximate surface area is 172 Å². The molecule has 6 heteroatoms. The van der Waals surface area contributed by atoms with E-state index in [-0.39, 0.29) is 18.9 Å². The van der Waals surface area contributed by atoms with Crippen LogP contribution in [-0.4, -0.2) is 25.3 Å². The highest BCUT2D eigenvalue weighted by Crippen LogP contribution is 2.26. The number of benzene rings is 3. The molecule has 0 saturated heterocycles. The maximum Gasteiger partial charge on any atom is 0.243 e. The fraction of sp³-hybridized carbons (Fsp3) is 0.182. The molecule has 3 rings (SSSR count). The number of hydrazone groups is 1. The second-order valence-electron chi connectivity index (χ2n) is 5.98. The van der Waals surface area contributed by atoms with Crippen LogP contribution < -0.4 is 14.9 Å². The van der Waals surface area contributed by atoms with E-state index < -0.39 is 0 Å². The lowest BCUT2D eigenvalue weighted by Gasteiger charge is -2.10. The van der Waals surface area contributed by atoms with E-state index in [1.807, 2.05) is 67.6 Å². The normalized spacial score (nSPS) is 10.9. The van der Waals surface area contributed by atoms with Crippen LogP contribution in [0.15, 0.2) is 70.2 Å². The highest BCUT2D eigenvalue weighted by atomic mass is 79.9. The molecule has 0 saturated carbocycles. The standard InChI is InChI=1S/C22H21BrN2O3/c1-2-27-21-11-10-16-6-3-4-9-19(16)20(21)15-24-25-22(26)12-13-28-18-8-5-7-17(23)14-18/h3-11,14-15H,2,12-13H2,1H3,(H,25,26)/b24-15+. The summed E-state index contributed by atoms with van der Waals surface area (Å²) in [6, 6.07) is 19.4. The van der Waals surface area contributed by atoms with Crippen LogP contribution in [0.3, 0.4) is 0 Å². The number of nitrogens with zero attached hydrogens (tertiary/aromatic N) is 1. The molecule has 1 amide bonds. The number of carbonyl (C=O) groups is 1. The van der Waals surface area contributed by atoms with Gasteiger partial charge in [-0.2, -0.15) is 5.10 Å². The number of halogens is 1. The van der Waals surface area contributed by atoms with Crippen LogP contribution in [0.2, 0.25) is 0 Å². The summed E-state index contributed by atoms with van der Waals surface area (Å²) in [6.45, 7) is 2.76. The Hall–Kier alpha value is -2.86. The van der Waals surface area contributed by atoms with E-state index in [1.165, 1.54) is 0 Å². The number of fused-ring (bicyclic) bond motifs is 1. The van der Waals surface area contributed by atoms with E-state index in [1.54, 1.807) is 6.21 Å². The van der Waals surface area contributed by atoms with Crippen molar-refractivity contribution >= 4 is 38.8 Å². The fourth-order valence-electron chi connectivity index (χ4n) is 2.73. The molecule has 0 spiro atoms. The third kappa shape index (κ3) is 5.33. The maximum atomic E-state index is 12.0. The van der Waals surface area contributed by atoms with Crippen LogP contribution in [0.5, 0.6) is 11.5 Å². The lowest BCUT2D eigenvalue weighted by atomic mass is 10.0. The lowest BCUT2D eigenvalue weighted by Crippen LogP contribution is -2.20. The Balaban J connectivity index is 1.60.